The van der Waals surface area contributed by atoms with Crippen LogP contribution in [0.4, 0.5) is 4.79 Å². The maximum Gasteiger partial charge on any atom is 0.330 e. The van der Waals surface area contributed by atoms with E-state index in [1.165, 1.54) is 0 Å². The minimum Gasteiger partial charge on any atom is -0.350 e. The molecule has 0 saturated carbocycles. The van der Waals surface area contributed by atoms with E-state index in [0.29, 0.717) is 0 Å². The van der Waals surface area contributed by atoms with Gasteiger partial charge in [0.15, 0.2) is 0 Å². The molecule has 0 aromatic heterocycles. The summed E-state index contributed by atoms with van der Waals surface area (Å²) in [6.07, 6.45) is 0.728. The largest absolute Gasteiger partial charge is 0.350 e. The highest BCUT2D eigenvalue weighted by Gasteiger charge is 2.09. The summed E-state index contributed by atoms with van der Waals surface area (Å²) >= 11 is 0. The van der Waals surface area contributed by atoms with Crippen LogP contribution in [-0.4, -0.2) is 11.9 Å². The van der Waals surface area contributed by atoms with Gasteiger partial charge >= 0.3 is 6.03 Å². The lowest BCUT2D eigenvalue weighted by atomic mass is 10.1. The molecule has 5 nitrogen and oxygen atoms in total. The molecular weight excluding hydrogens is 146 g/mol. The normalized spacial score (nSPS) is 11.8. The molecule has 0 fully saturated rings. The Morgan fingerprint density at radius 3 is 2.36 bits per heavy atom. The van der Waals surface area contributed by atoms with E-state index in [9.17, 15) is 9.59 Å². The number of primary amides is 1. The van der Waals surface area contributed by atoms with Crippen LogP contribution in [0.25, 0.3) is 0 Å². The minimum absolute atomic E-state index is 0.109. The molecule has 0 aliphatic carbocycles. The van der Waals surface area contributed by atoms with Gasteiger partial charge in [0.2, 0.25) is 5.91 Å². The molecule has 64 valence electrons. The molecule has 0 aliphatic heterocycles. The zero-order valence-corrected chi connectivity index (χ0v) is 6.68. The van der Waals surface area contributed by atoms with E-state index in [0.717, 1.165) is 6.42 Å². The van der Waals surface area contributed by atoms with Gasteiger partial charge in [0, 0.05) is 5.92 Å². The van der Waals surface area contributed by atoms with Gasteiger partial charge in [-0.05, 0) is 6.42 Å². The van der Waals surface area contributed by atoms with Crippen molar-refractivity contribution >= 4 is 11.9 Å². The third-order valence-electron chi connectivity index (χ3n) is 1.37. The average Bonchev–Trinajstić information content (AvgIpc) is 1.98. The Kier molecular flexibility index (Phi) is 4.02. The van der Waals surface area contributed by atoms with E-state index in [4.69, 9.17) is 5.73 Å². The number of nitrogens with one attached hydrogen (secondary N) is 2. The second-order valence-corrected chi connectivity index (χ2v) is 2.29. The number of carbonyl (C=O) groups is 2. The van der Waals surface area contributed by atoms with Crippen molar-refractivity contribution in [2.45, 2.75) is 20.3 Å². The van der Waals surface area contributed by atoms with Crippen molar-refractivity contribution in [3.05, 3.63) is 0 Å². The summed E-state index contributed by atoms with van der Waals surface area (Å²) in [5, 5.41) is 0. The molecular formula is C6H13N3O2. The highest BCUT2D eigenvalue weighted by Crippen LogP contribution is 1.97. The van der Waals surface area contributed by atoms with Crippen LogP contribution in [0.5, 0.6) is 0 Å². The van der Waals surface area contributed by atoms with Crippen molar-refractivity contribution in [2.24, 2.45) is 11.7 Å². The Morgan fingerprint density at radius 1 is 1.45 bits per heavy atom. The van der Waals surface area contributed by atoms with Gasteiger partial charge < -0.3 is 5.73 Å². The number of carbonyl (C=O) groups excluding carboxylic acids is 2. The summed E-state index contributed by atoms with van der Waals surface area (Å²) in [6.45, 7) is 3.65. The molecule has 0 bridgehead atoms. The summed E-state index contributed by atoms with van der Waals surface area (Å²) in [5.41, 5.74) is 8.89. The van der Waals surface area contributed by atoms with Crippen LogP contribution in [0.3, 0.4) is 0 Å². The topological polar surface area (TPSA) is 84.2 Å². The van der Waals surface area contributed by atoms with E-state index in [1.54, 1.807) is 6.92 Å². The first-order chi connectivity index (χ1) is 5.07. The van der Waals surface area contributed by atoms with Crippen molar-refractivity contribution in [2.75, 3.05) is 0 Å². The number of amides is 3. The molecule has 1 unspecified atom stereocenters. The van der Waals surface area contributed by atoms with Gasteiger partial charge in [-0.3, -0.25) is 10.2 Å². The second kappa shape index (κ2) is 4.54. The summed E-state index contributed by atoms with van der Waals surface area (Å²) < 4.78 is 0. The van der Waals surface area contributed by atoms with Crippen molar-refractivity contribution < 1.29 is 9.59 Å². The molecule has 1 atom stereocenters. The standard InChI is InChI=1S/C6H13N3O2/c1-3-4(2)5(10)8-9-6(7)11/h4H,3H2,1-2H3,(H,8,10)(H3,7,9,11). The number of urea groups is 1. The Labute approximate surface area is 65.3 Å². The first-order valence-corrected chi connectivity index (χ1v) is 3.43. The fourth-order valence-corrected chi connectivity index (χ4v) is 0.432. The first kappa shape index (κ1) is 9.74. The predicted octanol–water partition coefficient (Wildman–Crippen LogP) is -0.268. The molecule has 0 saturated heterocycles. The van der Waals surface area contributed by atoms with Crippen LogP contribution >= 0.6 is 0 Å². The van der Waals surface area contributed by atoms with Crippen molar-refractivity contribution in [1.29, 1.82) is 0 Å². The van der Waals surface area contributed by atoms with Gasteiger partial charge in [0.1, 0.15) is 0 Å². The number of hydrogen-bond acceptors (Lipinski definition) is 2. The van der Waals surface area contributed by atoms with Crippen LogP contribution in [0, 0.1) is 5.92 Å². The molecule has 0 aromatic carbocycles. The summed E-state index contributed by atoms with van der Waals surface area (Å²) in [7, 11) is 0. The number of hydrazine groups is 1. The van der Waals surface area contributed by atoms with Gasteiger partial charge in [-0.1, -0.05) is 13.8 Å². The van der Waals surface area contributed by atoms with Gasteiger partial charge in [-0.25, -0.2) is 10.2 Å². The quantitative estimate of drug-likeness (QED) is 0.484. The van der Waals surface area contributed by atoms with Crippen LogP contribution in [0.15, 0.2) is 0 Å². The van der Waals surface area contributed by atoms with E-state index in [-0.39, 0.29) is 11.8 Å². The minimum atomic E-state index is -0.762. The smallest absolute Gasteiger partial charge is 0.330 e. The van der Waals surface area contributed by atoms with Gasteiger partial charge in [0.05, 0.1) is 0 Å². The Morgan fingerprint density at radius 2 is 2.00 bits per heavy atom. The fourth-order valence-electron chi connectivity index (χ4n) is 0.432. The summed E-state index contributed by atoms with van der Waals surface area (Å²) in [6, 6.07) is -0.762. The Balaban J connectivity index is 3.60. The van der Waals surface area contributed by atoms with Crippen molar-refractivity contribution in [1.82, 2.24) is 10.9 Å². The monoisotopic (exact) mass is 159 g/mol. The molecule has 5 heteroatoms. The van der Waals surface area contributed by atoms with Crippen LogP contribution in [0.2, 0.25) is 0 Å². The number of rotatable bonds is 2. The number of nitrogens with two attached hydrogens (primary N) is 1. The molecule has 0 spiro atoms. The highest BCUT2D eigenvalue weighted by molar-refractivity contribution is 5.81. The molecule has 0 radical (unpaired) electrons. The number of hydrogen-bond donors (Lipinski definition) is 3. The fraction of sp³-hybridized carbons (Fsp3) is 0.667. The highest BCUT2D eigenvalue weighted by atomic mass is 16.2. The summed E-state index contributed by atoms with van der Waals surface area (Å²) in [5.74, 6) is -0.340. The third kappa shape index (κ3) is 4.19. The first-order valence-electron chi connectivity index (χ1n) is 3.43. The molecule has 0 rings (SSSR count). The zero-order valence-electron chi connectivity index (χ0n) is 6.68. The summed E-state index contributed by atoms with van der Waals surface area (Å²) in [4.78, 5) is 21.0. The van der Waals surface area contributed by atoms with Crippen LogP contribution in [0.1, 0.15) is 20.3 Å². The van der Waals surface area contributed by atoms with Gasteiger partial charge in [-0.15, -0.1) is 0 Å². The van der Waals surface area contributed by atoms with Crippen molar-refractivity contribution in [3.63, 3.8) is 0 Å². The molecule has 4 N–H and O–H groups in total. The maximum atomic E-state index is 10.9. The van der Waals surface area contributed by atoms with Gasteiger partial charge in [0.25, 0.3) is 0 Å². The zero-order chi connectivity index (χ0) is 8.85. The lowest BCUT2D eigenvalue weighted by Gasteiger charge is -2.08. The lowest BCUT2D eigenvalue weighted by molar-refractivity contribution is -0.125. The van der Waals surface area contributed by atoms with E-state index in [2.05, 4.69) is 5.43 Å². The molecule has 0 aromatic rings. The van der Waals surface area contributed by atoms with Crippen LogP contribution < -0.4 is 16.6 Å². The average molecular weight is 159 g/mol. The molecule has 0 aliphatic rings. The molecule has 11 heavy (non-hydrogen) atoms. The second-order valence-electron chi connectivity index (χ2n) is 2.29. The predicted molar refractivity (Wildman–Crippen MR) is 40.3 cm³/mol. The van der Waals surface area contributed by atoms with E-state index >= 15 is 0 Å². The lowest BCUT2D eigenvalue weighted by Crippen LogP contribution is -2.46. The maximum absolute atomic E-state index is 10.9. The molecule has 3 amide bonds. The van der Waals surface area contributed by atoms with Crippen molar-refractivity contribution in [3.8, 4) is 0 Å². The Bertz CT molecular complexity index is 158. The Hall–Kier alpha value is -1.26. The third-order valence-corrected chi connectivity index (χ3v) is 1.37. The van der Waals surface area contributed by atoms with E-state index in [1.807, 2.05) is 12.3 Å². The van der Waals surface area contributed by atoms with Gasteiger partial charge in [-0.2, -0.15) is 0 Å². The van der Waals surface area contributed by atoms with Crippen LogP contribution in [-0.2, 0) is 4.79 Å². The SMILES string of the molecule is CCC(C)C(=O)NNC(N)=O. The van der Waals surface area contributed by atoms with E-state index < -0.39 is 6.03 Å². The molecule has 0 heterocycles.